The van der Waals surface area contributed by atoms with Crippen molar-refractivity contribution in [3.63, 3.8) is 0 Å². The SMILES string of the molecule is C[C@H]1CN(C2CN(C(=O)OC(C)(C)C)C2)CCN1c1cc(C#N)cc(Nc2nc(NC3CC3)n3ncc(C#N)c3n2)c1Cl. The Bertz CT molecular complexity index is 1640. The zero-order valence-corrected chi connectivity index (χ0v) is 25.4. The fraction of sp³-hybridized carbons (Fsp3) is 0.517. The number of carbonyl (C=O) groups is 1. The first kappa shape index (κ1) is 28.8. The van der Waals surface area contributed by atoms with Crippen molar-refractivity contribution in [1.82, 2.24) is 29.4 Å². The number of likely N-dealkylation sites (tertiary alicyclic amines) is 1. The number of carbonyl (C=O) groups excluding carboxylic acids is 1. The maximum atomic E-state index is 12.4. The van der Waals surface area contributed by atoms with Gasteiger partial charge in [-0.1, -0.05) is 11.6 Å². The van der Waals surface area contributed by atoms with Crippen LogP contribution in [0.25, 0.3) is 5.65 Å². The van der Waals surface area contributed by atoms with E-state index >= 15 is 0 Å². The van der Waals surface area contributed by atoms with Crippen LogP contribution in [0.1, 0.15) is 51.7 Å². The molecule has 1 aliphatic carbocycles. The van der Waals surface area contributed by atoms with Gasteiger partial charge in [0.05, 0.1) is 34.2 Å². The Balaban J connectivity index is 1.19. The van der Waals surface area contributed by atoms with Crippen LogP contribution in [0.5, 0.6) is 0 Å². The highest BCUT2D eigenvalue weighted by Crippen LogP contribution is 2.38. The Labute approximate surface area is 255 Å². The molecule has 43 heavy (non-hydrogen) atoms. The van der Waals surface area contributed by atoms with E-state index in [0.29, 0.717) is 59.1 Å². The maximum absolute atomic E-state index is 12.4. The third kappa shape index (κ3) is 5.96. The quantitative estimate of drug-likeness (QED) is 0.421. The van der Waals surface area contributed by atoms with Crippen molar-refractivity contribution in [1.29, 1.82) is 10.5 Å². The van der Waals surface area contributed by atoms with Gasteiger partial charge in [-0.3, -0.25) is 4.90 Å². The number of hydrogen-bond donors (Lipinski definition) is 2. The predicted molar refractivity (Wildman–Crippen MR) is 162 cm³/mol. The van der Waals surface area contributed by atoms with E-state index in [0.717, 1.165) is 31.6 Å². The summed E-state index contributed by atoms with van der Waals surface area (Å²) in [4.78, 5) is 27.9. The number of nitriles is 2. The van der Waals surface area contributed by atoms with E-state index in [1.165, 1.54) is 10.7 Å². The van der Waals surface area contributed by atoms with Gasteiger partial charge in [0.25, 0.3) is 0 Å². The number of piperazine rings is 1. The van der Waals surface area contributed by atoms with Crippen LogP contribution >= 0.6 is 11.6 Å². The molecule has 0 spiro atoms. The van der Waals surface area contributed by atoms with Gasteiger partial charge >= 0.3 is 6.09 Å². The number of fused-ring (bicyclic) bond motifs is 1. The molecule has 2 aromatic heterocycles. The summed E-state index contributed by atoms with van der Waals surface area (Å²) in [7, 11) is 0. The second-order valence-electron chi connectivity index (χ2n) is 12.4. The van der Waals surface area contributed by atoms with Gasteiger partial charge in [0.2, 0.25) is 11.9 Å². The number of hydrogen-bond acceptors (Lipinski definition) is 11. The molecule has 1 atom stereocenters. The highest BCUT2D eigenvalue weighted by atomic mass is 35.5. The van der Waals surface area contributed by atoms with Crippen molar-refractivity contribution < 1.29 is 9.53 Å². The number of halogens is 1. The average molecular weight is 604 g/mol. The number of anilines is 4. The minimum Gasteiger partial charge on any atom is -0.444 e. The molecule has 0 unspecified atom stereocenters. The second kappa shape index (κ2) is 11.1. The van der Waals surface area contributed by atoms with Crippen LogP contribution < -0.4 is 15.5 Å². The molecule has 13 nitrogen and oxygen atoms in total. The molecule has 14 heteroatoms. The van der Waals surface area contributed by atoms with Crippen LogP contribution in [0.2, 0.25) is 5.02 Å². The van der Waals surface area contributed by atoms with Crippen LogP contribution in [0.3, 0.4) is 0 Å². The number of nitrogens with zero attached hydrogens (tertiary/aromatic N) is 9. The molecule has 3 aliphatic rings. The third-order valence-corrected chi connectivity index (χ3v) is 8.22. The number of rotatable bonds is 6. The van der Waals surface area contributed by atoms with Gasteiger partial charge in [-0.2, -0.15) is 30.1 Å². The number of benzene rings is 1. The molecule has 0 bridgehead atoms. The molecule has 1 amide bonds. The maximum Gasteiger partial charge on any atom is 0.410 e. The van der Waals surface area contributed by atoms with Gasteiger partial charge in [-0.05, 0) is 52.7 Å². The van der Waals surface area contributed by atoms with Crippen molar-refractivity contribution in [2.45, 2.75) is 64.3 Å². The van der Waals surface area contributed by atoms with Crippen molar-refractivity contribution >= 4 is 46.6 Å². The lowest BCUT2D eigenvalue weighted by Crippen LogP contribution is -2.66. The Morgan fingerprint density at radius 3 is 2.53 bits per heavy atom. The van der Waals surface area contributed by atoms with E-state index in [4.69, 9.17) is 16.3 Å². The Hall–Kier alpha value is -4.33. The van der Waals surface area contributed by atoms with E-state index in [2.05, 4.69) is 54.6 Å². The molecule has 2 N–H and O–H groups in total. The fourth-order valence-electron chi connectivity index (χ4n) is 5.45. The van der Waals surface area contributed by atoms with Crippen LogP contribution in [0, 0.1) is 22.7 Å². The molecule has 1 aromatic carbocycles. The van der Waals surface area contributed by atoms with Crippen LogP contribution in [0.15, 0.2) is 18.3 Å². The summed E-state index contributed by atoms with van der Waals surface area (Å²) in [6.07, 6.45) is 3.27. The number of amides is 1. The summed E-state index contributed by atoms with van der Waals surface area (Å²) in [6, 6.07) is 8.55. The summed E-state index contributed by atoms with van der Waals surface area (Å²) >= 11 is 6.99. The number of ether oxygens (including phenoxy) is 1. The van der Waals surface area contributed by atoms with Gasteiger partial charge in [0.15, 0.2) is 5.65 Å². The Morgan fingerprint density at radius 1 is 1.12 bits per heavy atom. The van der Waals surface area contributed by atoms with Gasteiger partial charge < -0.3 is 25.2 Å². The normalized spacial score (nSPS) is 19.5. The summed E-state index contributed by atoms with van der Waals surface area (Å²) in [5.41, 5.74) is 1.89. The van der Waals surface area contributed by atoms with E-state index in [1.807, 2.05) is 26.8 Å². The van der Waals surface area contributed by atoms with Crippen molar-refractivity contribution in [3.8, 4) is 12.1 Å². The molecule has 4 heterocycles. The lowest BCUT2D eigenvalue weighted by molar-refractivity contribution is -0.0181. The van der Waals surface area contributed by atoms with Crippen LogP contribution in [-0.4, -0.2) is 91.9 Å². The minimum absolute atomic E-state index is 0.107. The van der Waals surface area contributed by atoms with Gasteiger partial charge in [-0.15, -0.1) is 0 Å². The minimum atomic E-state index is -0.513. The van der Waals surface area contributed by atoms with E-state index in [1.54, 1.807) is 11.0 Å². The van der Waals surface area contributed by atoms with Crippen LogP contribution in [-0.2, 0) is 4.74 Å². The topological polar surface area (TPSA) is 151 Å². The van der Waals surface area contributed by atoms with E-state index in [-0.39, 0.29) is 24.1 Å². The van der Waals surface area contributed by atoms with Gasteiger partial charge in [0.1, 0.15) is 17.2 Å². The molecular formula is C29H34ClN11O2. The average Bonchev–Trinajstić information content (AvgIpc) is 3.64. The number of nitrogens with one attached hydrogen (secondary N) is 2. The zero-order chi connectivity index (χ0) is 30.5. The number of aromatic nitrogens is 4. The van der Waals surface area contributed by atoms with Gasteiger partial charge in [0, 0.05) is 50.8 Å². The predicted octanol–water partition coefficient (Wildman–Crippen LogP) is 3.97. The lowest BCUT2D eigenvalue weighted by Gasteiger charge is -2.50. The molecule has 3 aromatic rings. The standard InChI is InChI=1S/C29H34ClN11O2/c1-17-14-38(21-15-39(16-21)28(42)43-29(2,3)4)7-8-40(17)23-10-18(11-31)9-22(24(23)30)35-26-36-25-19(12-32)13-33-41(25)27(37-26)34-20-5-6-20/h9-10,13,17,20-21H,5-8,14-16H2,1-4H3,(H2,34,35,36,37)/t17-/m0/s1. The van der Waals surface area contributed by atoms with Crippen LogP contribution in [0.4, 0.5) is 28.1 Å². The van der Waals surface area contributed by atoms with Crippen molar-refractivity contribution in [3.05, 3.63) is 34.5 Å². The molecule has 6 rings (SSSR count). The summed E-state index contributed by atoms with van der Waals surface area (Å²) in [6.45, 7) is 11.3. The highest BCUT2D eigenvalue weighted by molar-refractivity contribution is 6.36. The largest absolute Gasteiger partial charge is 0.444 e. The molecule has 224 valence electrons. The summed E-state index contributed by atoms with van der Waals surface area (Å²) in [5.74, 6) is 0.725. The Kier molecular flexibility index (Phi) is 7.40. The second-order valence-corrected chi connectivity index (χ2v) is 12.7. The summed E-state index contributed by atoms with van der Waals surface area (Å²) in [5, 5.41) is 30.7. The van der Waals surface area contributed by atoms with Gasteiger partial charge in [-0.25, -0.2) is 4.79 Å². The molecule has 2 aliphatic heterocycles. The van der Waals surface area contributed by atoms with E-state index < -0.39 is 5.60 Å². The summed E-state index contributed by atoms with van der Waals surface area (Å²) < 4.78 is 7.02. The molecule has 0 radical (unpaired) electrons. The van der Waals surface area contributed by atoms with E-state index in [9.17, 15) is 15.3 Å². The molecule has 1 saturated carbocycles. The smallest absolute Gasteiger partial charge is 0.410 e. The van der Waals surface area contributed by atoms with Crippen molar-refractivity contribution in [2.24, 2.45) is 0 Å². The molecule has 2 saturated heterocycles. The highest BCUT2D eigenvalue weighted by Gasteiger charge is 2.39. The first-order chi connectivity index (χ1) is 20.5. The Morgan fingerprint density at radius 2 is 1.88 bits per heavy atom. The molecular weight excluding hydrogens is 570 g/mol. The zero-order valence-electron chi connectivity index (χ0n) is 24.6. The first-order valence-corrected chi connectivity index (χ1v) is 14.8. The molecule has 3 fully saturated rings. The fourth-order valence-corrected chi connectivity index (χ4v) is 5.71. The van der Waals surface area contributed by atoms with Crippen molar-refractivity contribution in [2.75, 3.05) is 48.3 Å². The lowest BCUT2D eigenvalue weighted by atomic mass is 10.0. The monoisotopic (exact) mass is 603 g/mol. The first-order valence-electron chi connectivity index (χ1n) is 14.4. The third-order valence-electron chi connectivity index (χ3n) is 7.83.